The normalized spacial score (nSPS) is 19.9. The Balaban J connectivity index is 0. The molecule has 1 heterocycles. The number of primary amides is 1. The first-order valence-electron chi connectivity index (χ1n) is 7.87. The summed E-state index contributed by atoms with van der Waals surface area (Å²) in [6.45, 7) is 4.67. The lowest BCUT2D eigenvalue weighted by molar-refractivity contribution is -0.134. The molecule has 24 heavy (non-hydrogen) atoms. The summed E-state index contributed by atoms with van der Waals surface area (Å²) in [5.74, 6) is -0.961. The van der Waals surface area contributed by atoms with E-state index in [1.165, 1.54) is 0 Å². The molecule has 0 spiro atoms. The number of Topliss-reactive ketones (excluding diaryl/α,β-unsaturated/α-hetero) is 1. The van der Waals surface area contributed by atoms with Crippen molar-refractivity contribution in [2.24, 2.45) is 17.2 Å². The number of amides is 2. The van der Waals surface area contributed by atoms with Crippen molar-refractivity contribution in [3.05, 3.63) is 0 Å². The Bertz CT molecular complexity index is 426. The van der Waals surface area contributed by atoms with Crippen molar-refractivity contribution in [2.75, 3.05) is 12.8 Å². The van der Waals surface area contributed by atoms with Crippen molar-refractivity contribution in [3.63, 3.8) is 0 Å². The molecule has 0 aromatic heterocycles. The van der Waals surface area contributed by atoms with Gasteiger partial charge in [0.05, 0.1) is 6.04 Å². The second-order valence-corrected chi connectivity index (χ2v) is 7.08. The highest BCUT2D eigenvalue weighted by atomic mass is 35.5. The van der Waals surface area contributed by atoms with Gasteiger partial charge in [-0.25, -0.2) is 0 Å². The Hall–Kier alpha value is -0.830. The fourth-order valence-electron chi connectivity index (χ4n) is 2.06. The number of hydrogen-bond donors (Lipinski definition) is 4. The monoisotopic (exact) mass is 382 g/mol. The van der Waals surface area contributed by atoms with Gasteiger partial charge in [0.2, 0.25) is 11.8 Å². The number of ketones is 1. The van der Waals surface area contributed by atoms with Crippen molar-refractivity contribution in [1.29, 1.82) is 0 Å². The fourth-order valence-corrected chi connectivity index (χ4v) is 2.49. The van der Waals surface area contributed by atoms with Crippen LogP contribution in [0.5, 0.6) is 0 Å². The van der Waals surface area contributed by atoms with Crippen molar-refractivity contribution in [1.82, 2.24) is 5.32 Å². The Kier molecular flexibility index (Phi) is 13.3. The summed E-state index contributed by atoms with van der Waals surface area (Å²) in [7, 11) is 0. The molecule has 1 saturated heterocycles. The lowest BCUT2D eigenvalue weighted by Crippen LogP contribution is -2.59. The van der Waals surface area contributed by atoms with E-state index in [0.29, 0.717) is 12.8 Å². The van der Waals surface area contributed by atoms with E-state index in [0.717, 1.165) is 25.8 Å². The third-order valence-corrected chi connectivity index (χ3v) is 4.77. The van der Waals surface area contributed by atoms with Crippen LogP contribution >= 0.6 is 24.2 Å². The summed E-state index contributed by atoms with van der Waals surface area (Å²) < 4.78 is 0. The van der Waals surface area contributed by atoms with E-state index in [9.17, 15) is 14.4 Å². The quantitative estimate of drug-likeness (QED) is 0.445. The van der Waals surface area contributed by atoms with Gasteiger partial charge in [0.15, 0.2) is 11.3 Å². The zero-order valence-corrected chi connectivity index (χ0v) is 16.3. The van der Waals surface area contributed by atoms with Gasteiger partial charge in [0, 0.05) is 18.2 Å². The zero-order valence-electron chi connectivity index (χ0n) is 14.7. The minimum atomic E-state index is -1.49. The van der Waals surface area contributed by atoms with Gasteiger partial charge in [-0.2, -0.15) is 11.8 Å². The maximum absolute atomic E-state index is 11.9. The largest absolute Gasteiger partial charge is 0.368 e. The van der Waals surface area contributed by atoms with E-state index in [4.69, 9.17) is 17.2 Å². The van der Waals surface area contributed by atoms with Gasteiger partial charge in [-0.05, 0) is 25.5 Å². The van der Waals surface area contributed by atoms with Crippen LogP contribution < -0.4 is 22.5 Å². The average molecular weight is 383 g/mol. The Morgan fingerprint density at radius 2 is 2.04 bits per heavy atom. The van der Waals surface area contributed by atoms with Gasteiger partial charge >= 0.3 is 0 Å². The van der Waals surface area contributed by atoms with Crippen molar-refractivity contribution in [3.8, 4) is 0 Å². The second-order valence-electron chi connectivity index (χ2n) is 5.80. The van der Waals surface area contributed by atoms with Crippen LogP contribution in [-0.2, 0) is 14.4 Å². The predicted octanol–water partition coefficient (Wildman–Crippen LogP) is 0.326. The summed E-state index contributed by atoms with van der Waals surface area (Å²) in [5.41, 5.74) is 14.9. The highest BCUT2D eigenvalue weighted by molar-refractivity contribution is 7.99. The number of nitrogens with one attached hydrogen (secondary N) is 1. The first kappa shape index (κ1) is 25.4. The van der Waals surface area contributed by atoms with E-state index < -0.39 is 11.4 Å². The standard InChI is InChI=1S/C11H22N2O2S.C4H8N2O.ClH/c1-4-5-6-9(14)11(13,10(12)15)7-8(2)16-3;5-3-1-2-6-4(3)7;/h8H,4-7,13H2,1-3H3,(H2,12,15);3H,1-2,5H2,(H,6,7);1H/t8-,11+;3-;/m10./s1. The minimum absolute atomic E-state index is 0. The molecule has 1 aliphatic heterocycles. The smallest absolute Gasteiger partial charge is 0.245 e. The molecule has 9 heteroatoms. The number of unbranched alkanes of at least 4 members (excludes halogenated alkanes) is 1. The predicted molar refractivity (Wildman–Crippen MR) is 101 cm³/mol. The number of carbonyl (C=O) groups excluding carboxylic acids is 3. The molecule has 0 aromatic carbocycles. The van der Waals surface area contributed by atoms with Crippen LogP contribution in [0.15, 0.2) is 0 Å². The van der Waals surface area contributed by atoms with Gasteiger partial charge in [-0.15, -0.1) is 12.4 Å². The van der Waals surface area contributed by atoms with Gasteiger partial charge in [0.1, 0.15) is 0 Å². The molecule has 0 aliphatic carbocycles. The van der Waals surface area contributed by atoms with Gasteiger partial charge in [-0.3, -0.25) is 14.4 Å². The molecule has 7 nitrogen and oxygen atoms in total. The lowest BCUT2D eigenvalue weighted by Gasteiger charge is -2.26. The molecule has 142 valence electrons. The Morgan fingerprint density at radius 1 is 1.46 bits per heavy atom. The number of nitrogens with two attached hydrogens (primary N) is 3. The summed E-state index contributed by atoms with van der Waals surface area (Å²) in [6, 6.07) is -0.236. The molecule has 1 rings (SSSR count). The molecule has 3 atom stereocenters. The van der Waals surface area contributed by atoms with E-state index in [1.807, 2.05) is 20.1 Å². The van der Waals surface area contributed by atoms with Crippen LogP contribution in [0, 0.1) is 0 Å². The van der Waals surface area contributed by atoms with Gasteiger partial charge in [0.25, 0.3) is 0 Å². The van der Waals surface area contributed by atoms with Gasteiger partial charge < -0.3 is 22.5 Å². The van der Waals surface area contributed by atoms with Crippen LogP contribution in [0.2, 0.25) is 0 Å². The molecule has 2 amide bonds. The number of hydrogen-bond acceptors (Lipinski definition) is 6. The van der Waals surface area contributed by atoms with Crippen molar-refractivity contribution < 1.29 is 14.4 Å². The average Bonchev–Trinajstić information content (AvgIpc) is 2.88. The number of rotatable bonds is 8. The van der Waals surface area contributed by atoms with Crippen molar-refractivity contribution in [2.45, 2.75) is 62.8 Å². The number of thioether (sulfide) groups is 1. The van der Waals surface area contributed by atoms with Crippen LogP contribution in [0.1, 0.15) is 46.0 Å². The molecule has 1 aliphatic rings. The topological polar surface area (TPSA) is 141 Å². The molecule has 0 unspecified atom stereocenters. The summed E-state index contributed by atoms with van der Waals surface area (Å²) in [5, 5.41) is 2.75. The SMILES string of the molecule is CCCCC(=O)[C@@](N)(C[C@@H](C)SC)C(N)=O.Cl.N[C@H]1CCNC1=O. The molecular formula is C15H31ClN4O3S. The van der Waals surface area contributed by atoms with Crippen LogP contribution in [-0.4, -0.2) is 47.2 Å². The van der Waals surface area contributed by atoms with Crippen LogP contribution in [0.4, 0.5) is 0 Å². The maximum Gasteiger partial charge on any atom is 0.245 e. The first-order chi connectivity index (χ1) is 10.7. The Labute approximate surface area is 154 Å². The van der Waals surface area contributed by atoms with Gasteiger partial charge in [-0.1, -0.05) is 20.3 Å². The van der Waals surface area contributed by atoms with E-state index >= 15 is 0 Å². The summed E-state index contributed by atoms with van der Waals surface area (Å²) in [4.78, 5) is 33.6. The minimum Gasteiger partial charge on any atom is -0.368 e. The van der Waals surface area contributed by atoms with Crippen LogP contribution in [0.25, 0.3) is 0 Å². The van der Waals surface area contributed by atoms with Crippen LogP contribution in [0.3, 0.4) is 0 Å². The molecule has 0 bridgehead atoms. The van der Waals surface area contributed by atoms with E-state index in [2.05, 4.69) is 5.32 Å². The van der Waals surface area contributed by atoms with E-state index in [1.54, 1.807) is 11.8 Å². The molecule has 7 N–H and O–H groups in total. The molecule has 0 saturated carbocycles. The third-order valence-electron chi connectivity index (χ3n) is 3.80. The number of carbonyl (C=O) groups is 3. The first-order valence-corrected chi connectivity index (χ1v) is 9.16. The zero-order chi connectivity index (χ0) is 18.0. The maximum atomic E-state index is 11.9. The second kappa shape index (κ2) is 12.5. The highest BCUT2D eigenvalue weighted by Gasteiger charge is 2.40. The lowest BCUT2D eigenvalue weighted by atomic mass is 9.86. The van der Waals surface area contributed by atoms with Crippen molar-refractivity contribution >= 4 is 41.8 Å². The molecule has 0 aromatic rings. The fraction of sp³-hybridized carbons (Fsp3) is 0.800. The Morgan fingerprint density at radius 3 is 2.33 bits per heavy atom. The summed E-state index contributed by atoms with van der Waals surface area (Å²) in [6.07, 6.45) is 5.00. The molecule has 0 radical (unpaired) electrons. The highest BCUT2D eigenvalue weighted by Crippen LogP contribution is 2.21. The third kappa shape index (κ3) is 8.32. The molecular weight excluding hydrogens is 352 g/mol. The summed E-state index contributed by atoms with van der Waals surface area (Å²) >= 11 is 1.57. The molecule has 1 fully saturated rings. The number of halogens is 1. The van der Waals surface area contributed by atoms with E-state index in [-0.39, 0.29) is 35.4 Å².